The van der Waals surface area contributed by atoms with Gasteiger partial charge in [-0.25, -0.2) is 0 Å². The zero-order chi connectivity index (χ0) is 13.8. The fourth-order valence-electron chi connectivity index (χ4n) is 1.70. The molecule has 1 nitrogen and oxygen atoms in total. The Hall–Kier alpha value is -0.206. The summed E-state index contributed by atoms with van der Waals surface area (Å²) in [7, 11) is 2.17. The Morgan fingerprint density at radius 1 is 0.684 bits per heavy atom. The zero-order valence-electron chi connectivity index (χ0n) is 10.9. The third-order valence-electron chi connectivity index (χ3n) is 2.92. The normalized spacial score (nSPS) is 14.4. The van der Waals surface area contributed by atoms with Crippen molar-refractivity contribution in [2.24, 2.45) is 0 Å². The predicted octanol–water partition coefficient (Wildman–Crippen LogP) is 1.17. The molecular formula is C14H16Br2OSi2. The van der Waals surface area contributed by atoms with E-state index >= 15 is 0 Å². The van der Waals surface area contributed by atoms with Crippen molar-refractivity contribution in [3.8, 4) is 0 Å². The van der Waals surface area contributed by atoms with Gasteiger partial charge in [-0.15, -0.1) is 0 Å². The molecule has 0 N–H and O–H groups in total. The molecule has 0 bridgehead atoms. The molecule has 5 heteroatoms. The van der Waals surface area contributed by atoms with Gasteiger partial charge in [-0.1, -0.05) is 90.8 Å². The maximum Gasteiger partial charge on any atom is 0.139 e. The van der Waals surface area contributed by atoms with E-state index < -0.39 is 0 Å². The van der Waals surface area contributed by atoms with Crippen LogP contribution in [0.5, 0.6) is 0 Å². The summed E-state index contributed by atoms with van der Waals surface area (Å²) in [5.41, 5.74) is 2.28. The molecule has 100 valence electrons. The highest BCUT2D eigenvalue weighted by Gasteiger charge is 2.14. The second-order valence-electron chi connectivity index (χ2n) is 4.59. The van der Waals surface area contributed by atoms with E-state index in [9.17, 15) is 0 Å². The second-order valence-corrected chi connectivity index (χ2v) is 8.56. The van der Waals surface area contributed by atoms with Gasteiger partial charge in [0, 0.05) is 20.5 Å². The van der Waals surface area contributed by atoms with Crippen molar-refractivity contribution in [3.05, 3.63) is 59.7 Å². The van der Waals surface area contributed by atoms with Crippen molar-refractivity contribution in [1.29, 1.82) is 0 Å². The second kappa shape index (κ2) is 6.99. The highest BCUT2D eigenvalue weighted by atomic mass is 79.9. The quantitative estimate of drug-likeness (QED) is 0.538. The van der Waals surface area contributed by atoms with Crippen LogP contribution in [0.3, 0.4) is 0 Å². The minimum absolute atomic E-state index is 0.102. The molecule has 2 aromatic carbocycles. The molecule has 2 aromatic rings. The minimum Gasteiger partial charge on any atom is -0.343 e. The first-order valence-corrected chi connectivity index (χ1v) is 9.96. The van der Waals surface area contributed by atoms with E-state index in [1.54, 1.807) is 0 Å². The Morgan fingerprint density at radius 2 is 1.00 bits per heavy atom. The average Bonchev–Trinajstić information content (AvgIpc) is 2.40. The number of hydrogen-bond donors (Lipinski definition) is 0. The van der Waals surface area contributed by atoms with E-state index in [4.69, 9.17) is 4.74 Å². The first-order valence-electron chi connectivity index (χ1n) is 6.13. The Kier molecular flexibility index (Phi) is 5.59. The Labute approximate surface area is 136 Å². The molecule has 0 aliphatic carbocycles. The fourth-order valence-corrected chi connectivity index (χ4v) is 3.70. The molecule has 0 heterocycles. The molecule has 0 radical (unpaired) electrons. The molecule has 0 saturated heterocycles. The summed E-state index contributed by atoms with van der Waals surface area (Å²) in [5.74, 6) is 0. The minimum atomic E-state index is -0.102. The van der Waals surface area contributed by atoms with E-state index in [1.165, 1.54) is 10.4 Å². The molecule has 0 spiro atoms. The standard InChI is InChI=1S/C14H16Br2OSi2/c15-13(9-1-5-11(18)6-2-9)17-14(16)10-3-7-12(19)8-4-10/h1-8,13-14H,18-19H3. The molecule has 0 saturated carbocycles. The molecule has 2 atom stereocenters. The molecular weight excluding hydrogens is 400 g/mol. The summed E-state index contributed by atoms with van der Waals surface area (Å²) in [5, 5.41) is 2.58. The lowest BCUT2D eigenvalue weighted by atomic mass is 10.2. The first kappa shape index (κ1) is 15.2. The van der Waals surface area contributed by atoms with Crippen molar-refractivity contribution in [1.82, 2.24) is 0 Å². The highest BCUT2D eigenvalue weighted by molar-refractivity contribution is 9.09. The molecule has 0 aromatic heterocycles. The van der Waals surface area contributed by atoms with Crippen LogP contribution in [0.25, 0.3) is 0 Å². The summed E-state index contributed by atoms with van der Waals surface area (Å²) in [4.78, 5) is 0. The van der Waals surface area contributed by atoms with Crippen LogP contribution < -0.4 is 10.4 Å². The van der Waals surface area contributed by atoms with Crippen molar-refractivity contribution in [2.45, 2.75) is 10.0 Å². The van der Waals surface area contributed by atoms with E-state index in [1.807, 2.05) is 0 Å². The predicted molar refractivity (Wildman–Crippen MR) is 96.5 cm³/mol. The first-order chi connectivity index (χ1) is 9.06. The van der Waals surface area contributed by atoms with Gasteiger partial charge in [-0.05, 0) is 11.1 Å². The summed E-state index contributed by atoms with van der Waals surface area (Å²) in [6.45, 7) is 0. The third-order valence-corrected chi connectivity index (χ3v) is 5.74. The van der Waals surface area contributed by atoms with Gasteiger partial charge in [0.05, 0.1) is 0 Å². The van der Waals surface area contributed by atoms with Crippen LogP contribution in [-0.4, -0.2) is 20.5 Å². The Morgan fingerprint density at radius 3 is 1.32 bits per heavy atom. The number of ether oxygens (including phenoxy) is 1. The molecule has 0 aliphatic heterocycles. The molecule has 19 heavy (non-hydrogen) atoms. The van der Waals surface area contributed by atoms with Crippen LogP contribution in [-0.2, 0) is 4.74 Å². The van der Waals surface area contributed by atoms with Crippen LogP contribution in [0.1, 0.15) is 21.2 Å². The Bertz CT molecular complexity index is 479. The van der Waals surface area contributed by atoms with Gasteiger partial charge < -0.3 is 4.74 Å². The van der Waals surface area contributed by atoms with Crippen LogP contribution >= 0.6 is 31.9 Å². The molecule has 2 unspecified atom stereocenters. The number of benzene rings is 2. The SMILES string of the molecule is [SiH3]c1ccc(C(Br)OC(Br)c2ccc([SiH3])cc2)cc1. The number of halogens is 2. The summed E-state index contributed by atoms with van der Waals surface area (Å²) in [6.07, 6.45) is 0. The lowest BCUT2D eigenvalue weighted by Crippen LogP contribution is -2.06. The van der Waals surface area contributed by atoms with Crippen LogP contribution in [0.4, 0.5) is 0 Å². The van der Waals surface area contributed by atoms with Crippen LogP contribution in [0.15, 0.2) is 48.5 Å². The number of alkyl halides is 2. The van der Waals surface area contributed by atoms with Gasteiger partial charge in [0.2, 0.25) is 0 Å². The topological polar surface area (TPSA) is 9.23 Å². The fraction of sp³-hybridized carbons (Fsp3) is 0.143. The Balaban J connectivity index is 2.03. The molecule has 0 fully saturated rings. The largest absolute Gasteiger partial charge is 0.343 e. The highest BCUT2D eigenvalue weighted by Crippen LogP contribution is 2.34. The molecule has 0 amide bonds. The van der Waals surface area contributed by atoms with E-state index in [2.05, 4.69) is 80.4 Å². The van der Waals surface area contributed by atoms with Crippen molar-refractivity contribution in [3.63, 3.8) is 0 Å². The smallest absolute Gasteiger partial charge is 0.139 e. The van der Waals surface area contributed by atoms with Crippen molar-refractivity contribution in [2.75, 3.05) is 0 Å². The summed E-state index contributed by atoms with van der Waals surface area (Å²) < 4.78 is 5.96. The van der Waals surface area contributed by atoms with Crippen molar-refractivity contribution < 1.29 is 4.74 Å². The monoisotopic (exact) mass is 414 g/mol. The van der Waals surface area contributed by atoms with Crippen molar-refractivity contribution >= 4 is 62.7 Å². The lowest BCUT2D eigenvalue weighted by Gasteiger charge is -2.17. The summed E-state index contributed by atoms with van der Waals surface area (Å²) in [6, 6.07) is 17.1. The van der Waals surface area contributed by atoms with Crippen LogP contribution in [0.2, 0.25) is 0 Å². The van der Waals surface area contributed by atoms with Gasteiger partial charge in [-0.3, -0.25) is 0 Å². The molecule has 2 rings (SSSR count). The van der Waals surface area contributed by atoms with E-state index in [-0.39, 0.29) is 10.0 Å². The van der Waals surface area contributed by atoms with Crippen LogP contribution in [0, 0.1) is 0 Å². The summed E-state index contributed by atoms with van der Waals surface area (Å²) >= 11 is 7.18. The lowest BCUT2D eigenvalue weighted by molar-refractivity contribution is 0.101. The van der Waals surface area contributed by atoms with Gasteiger partial charge >= 0.3 is 0 Å². The average molecular weight is 416 g/mol. The van der Waals surface area contributed by atoms with Gasteiger partial charge in [0.1, 0.15) is 10.0 Å². The molecule has 0 aliphatic rings. The van der Waals surface area contributed by atoms with Gasteiger partial charge in [0.25, 0.3) is 0 Å². The third kappa shape index (κ3) is 4.39. The number of hydrogen-bond acceptors (Lipinski definition) is 1. The van der Waals surface area contributed by atoms with E-state index in [0.717, 1.165) is 31.6 Å². The zero-order valence-corrected chi connectivity index (χ0v) is 18.1. The maximum absolute atomic E-state index is 5.96. The van der Waals surface area contributed by atoms with E-state index in [0.29, 0.717) is 0 Å². The maximum atomic E-state index is 5.96. The number of rotatable bonds is 4. The van der Waals surface area contributed by atoms with Gasteiger partial charge in [-0.2, -0.15) is 0 Å². The van der Waals surface area contributed by atoms with Gasteiger partial charge in [0.15, 0.2) is 0 Å².